The first-order valence-corrected chi connectivity index (χ1v) is 12.3. The summed E-state index contributed by atoms with van der Waals surface area (Å²) in [6, 6.07) is 12.5. The van der Waals surface area contributed by atoms with Crippen LogP contribution in [-0.2, 0) is 10.0 Å². The van der Waals surface area contributed by atoms with Crippen molar-refractivity contribution in [3.05, 3.63) is 48.7 Å². The number of nitrogens with zero attached hydrogens (tertiary/aromatic N) is 3. The van der Waals surface area contributed by atoms with Crippen LogP contribution in [0.25, 0.3) is 10.4 Å². The van der Waals surface area contributed by atoms with Crippen molar-refractivity contribution in [3.63, 3.8) is 0 Å². The summed E-state index contributed by atoms with van der Waals surface area (Å²) in [4.78, 5) is 7.94. The number of aromatic nitrogens is 1. The van der Waals surface area contributed by atoms with Crippen LogP contribution in [0.4, 0.5) is 5.13 Å². The Kier molecular flexibility index (Phi) is 6.54. The molecule has 170 valence electrons. The molecule has 0 spiro atoms. The van der Waals surface area contributed by atoms with Gasteiger partial charge in [0.2, 0.25) is 10.0 Å². The van der Waals surface area contributed by atoms with Crippen LogP contribution in [0.3, 0.4) is 0 Å². The van der Waals surface area contributed by atoms with Crippen molar-refractivity contribution in [1.82, 2.24) is 9.29 Å². The Hall–Kier alpha value is -2.82. The molecule has 0 N–H and O–H groups in total. The number of hydrogen-bond donors (Lipinski definition) is 0. The lowest BCUT2D eigenvalue weighted by Gasteiger charge is -2.33. The zero-order chi connectivity index (χ0) is 22.7. The fourth-order valence-corrected chi connectivity index (χ4v) is 5.96. The molecule has 0 unspecified atom stereocenters. The molecule has 2 aromatic carbocycles. The van der Waals surface area contributed by atoms with Crippen molar-refractivity contribution in [1.29, 1.82) is 0 Å². The molecule has 1 aromatic heterocycles. The number of rotatable bonds is 7. The lowest BCUT2D eigenvalue weighted by atomic mass is 10.2. The third kappa shape index (κ3) is 4.38. The van der Waals surface area contributed by atoms with E-state index in [-0.39, 0.29) is 4.90 Å². The SMILES string of the molecule is COc1ccc(-c2cnc(N3CCN(S(=O)(=O)c4ccc(OC)c(OC)c4)CC3)s2)cc1. The standard InChI is InChI=1S/C22H25N3O5S2/c1-28-17-6-4-16(5-7-17)21-15-23-22(31-21)24-10-12-25(13-11-24)32(26,27)18-8-9-19(29-2)20(14-18)30-3/h4-9,14-15H,10-13H2,1-3H3. The molecule has 10 heteroatoms. The van der Waals surface area contributed by atoms with Crippen molar-refractivity contribution < 1.29 is 22.6 Å². The van der Waals surface area contributed by atoms with Crippen LogP contribution in [-0.4, -0.2) is 65.2 Å². The molecule has 0 atom stereocenters. The number of benzene rings is 2. The van der Waals surface area contributed by atoms with Gasteiger partial charge in [-0.1, -0.05) is 11.3 Å². The number of sulfonamides is 1. The average Bonchev–Trinajstić information content (AvgIpc) is 3.34. The van der Waals surface area contributed by atoms with E-state index < -0.39 is 10.0 Å². The molecular formula is C22H25N3O5S2. The van der Waals surface area contributed by atoms with Gasteiger partial charge in [0.05, 0.1) is 31.1 Å². The van der Waals surface area contributed by atoms with E-state index in [2.05, 4.69) is 9.88 Å². The largest absolute Gasteiger partial charge is 0.497 e. The Balaban J connectivity index is 1.44. The van der Waals surface area contributed by atoms with Crippen molar-refractivity contribution in [2.24, 2.45) is 0 Å². The van der Waals surface area contributed by atoms with Crippen molar-refractivity contribution in [2.45, 2.75) is 4.90 Å². The molecule has 4 rings (SSSR count). The van der Waals surface area contributed by atoms with Gasteiger partial charge in [-0.15, -0.1) is 0 Å². The average molecular weight is 476 g/mol. The Bertz CT molecular complexity index is 1170. The topological polar surface area (TPSA) is 81.2 Å². The Morgan fingerprint density at radius 2 is 1.56 bits per heavy atom. The Morgan fingerprint density at radius 1 is 0.875 bits per heavy atom. The molecule has 1 saturated heterocycles. The second-order valence-electron chi connectivity index (χ2n) is 7.14. The van der Waals surface area contributed by atoms with Crippen LogP contribution in [0, 0.1) is 0 Å². The van der Waals surface area contributed by atoms with Crippen molar-refractivity contribution in [3.8, 4) is 27.7 Å². The summed E-state index contributed by atoms with van der Waals surface area (Å²) < 4.78 is 43.4. The highest BCUT2D eigenvalue weighted by atomic mass is 32.2. The van der Waals surface area contributed by atoms with Crippen LogP contribution in [0.1, 0.15) is 0 Å². The molecular weight excluding hydrogens is 450 g/mol. The lowest BCUT2D eigenvalue weighted by molar-refractivity contribution is 0.353. The van der Waals surface area contributed by atoms with Gasteiger partial charge >= 0.3 is 0 Å². The molecule has 1 aliphatic rings. The fourth-order valence-electron chi connectivity index (χ4n) is 3.55. The molecule has 1 aliphatic heterocycles. The van der Waals surface area contributed by atoms with E-state index in [1.807, 2.05) is 30.5 Å². The normalized spacial score (nSPS) is 14.9. The van der Waals surface area contributed by atoms with E-state index >= 15 is 0 Å². The maximum Gasteiger partial charge on any atom is 0.243 e. The molecule has 3 aromatic rings. The maximum absolute atomic E-state index is 13.1. The van der Waals surface area contributed by atoms with Gasteiger partial charge in [-0.2, -0.15) is 4.31 Å². The van der Waals surface area contributed by atoms with E-state index in [1.54, 1.807) is 30.6 Å². The van der Waals surface area contributed by atoms with Gasteiger partial charge in [0.1, 0.15) is 5.75 Å². The van der Waals surface area contributed by atoms with E-state index in [9.17, 15) is 8.42 Å². The highest BCUT2D eigenvalue weighted by Crippen LogP contribution is 2.34. The molecule has 0 bridgehead atoms. The molecule has 1 fully saturated rings. The van der Waals surface area contributed by atoms with Crippen molar-refractivity contribution in [2.75, 3.05) is 52.4 Å². The van der Waals surface area contributed by atoms with Gasteiger partial charge in [-0.25, -0.2) is 13.4 Å². The van der Waals surface area contributed by atoms with Gasteiger partial charge in [0.15, 0.2) is 16.6 Å². The molecule has 8 nitrogen and oxygen atoms in total. The van der Waals surface area contributed by atoms with Gasteiger partial charge < -0.3 is 19.1 Å². The van der Waals surface area contributed by atoms with Gasteiger partial charge in [-0.05, 0) is 42.0 Å². The second kappa shape index (κ2) is 9.35. The monoisotopic (exact) mass is 475 g/mol. The minimum absolute atomic E-state index is 0.194. The summed E-state index contributed by atoms with van der Waals surface area (Å²) in [5.74, 6) is 1.69. The van der Waals surface area contributed by atoms with E-state index in [0.29, 0.717) is 37.7 Å². The van der Waals surface area contributed by atoms with Crippen LogP contribution in [0.15, 0.2) is 53.6 Å². The number of piperazine rings is 1. The first kappa shape index (κ1) is 22.4. The predicted octanol–water partition coefficient (Wildman–Crippen LogP) is 3.35. The van der Waals surface area contributed by atoms with Gasteiger partial charge in [-0.3, -0.25) is 0 Å². The molecule has 0 aliphatic carbocycles. The summed E-state index contributed by atoms with van der Waals surface area (Å²) in [7, 11) is 1.02. The van der Waals surface area contributed by atoms with Crippen LogP contribution < -0.4 is 19.1 Å². The molecule has 0 saturated carbocycles. The lowest BCUT2D eigenvalue weighted by Crippen LogP contribution is -2.48. The molecule has 0 amide bonds. The van der Waals surface area contributed by atoms with E-state index in [1.165, 1.54) is 24.6 Å². The summed E-state index contributed by atoms with van der Waals surface area (Å²) >= 11 is 1.60. The molecule has 2 heterocycles. The number of ether oxygens (including phenoxy) is 3. The smallest absolute Gasteiger partial charge is 0.243 e. The number of anilines is 1. The minimum atomic E-state index is -3.63. The van der Waals surface area contributed by atoms with E-state index in [4.69, 9.17) is 14.2 Å². The van der Waals surface area contributed by atoms with Gasteiger partial charge in [0, 0.05) is 38.4 Å². The quantitative estimate of drug-likeness (QED) is 0.518. The second-order valence-corrected chi connectivity index (χ2v) is 10.1. The van der Waals surface area contributed by atoms with E-state index in [0.717, 1.165) is 21.3 Å². The summed E-state index contributed by atoms with van der Waals surface area (Å²) in [5.41, 5.74) is 1.07. The molecule has 0 radical (unpaired) electrons. The number of methoxy groups -OCH3 is 3. The van der Waals surface area contributed by atoms with Gasteiger partial charge in [0.25, 0.3) is 0 Å². The Labute approximate surface area is 192 Å². The highest BCUT2D eigenvalue weighted by molar-refractivity contribution is 7.89. The molecule has 32 heavy (non-hydrogen) atoms. The first-order chi connectivity index (χ1) is 15.5. The predicted molar refractivity (Wildman–Crippen MR) is 125 cm³/mol. The van der Waals surface area contributed by atoms with Crippen LogP contribution in [0.2, 0.25) is 0 Å². The minimum Gasteiger partial charge on any atom is -0.497 e. The third-order valence-electron chi connectivity index (χ3n) is 5.37. The highest BCUT2D eigenvalue weighted by Gasteiger charge is 2.30. The fraction of sp³-hybridized carbons (Fsp3) is 0.318. The first-order valence-electron chi connectivity index (χ1n) is 10.0. The third-order valence-corrected chi connectivity index (χ3v) is 8.37. The zero-order valence-corrected chi connectivity index (χ0v) is 19.8. The summed E-state index contributed by atoms with van der Waals surface area (Å²) in [5, 5.41) is 0.888. The number of thiazole rings is 1. The van der Waals surface area contributed by atoms with Crippen LogP contribution in [0.5, 0.6) is 17.2 Å². The summed E-state index contributed by atoms with van der Waals surface area (Å²) in [6.07, 6.45) is 1.86. The maximum atomic E-state index is 13.1. The zero-order valence-electron chi connectivity index (χ0n) is 18.1. The Morgan fingerprint density at radius 3 is 2.19 bits per heavy atom. The van der Waals surface area contributed by atoms with Crippen LogP contribution >= 0.6 is 11.3 Å². The van der Waals surface area contributed by atoms with Crippen molar-refractivity contribution >= 4 is 26.5 Å². The summed E-state index contributed by atoms with van der Waals surface area (Å²) in [6.45, 7) is 1.91. The number of hydrogen-bond acceptors (Lipinski definition) is 8.